The standard InChI is InChI=1S/C15H24FNO/c1-5-8-17-10-15(11(2)3)18-13-7-6-12(4)14(16)9-13/h6-7,9,11,15,17H,5,8,10H2,1-4H3. The van der Waals surface area contributed by atoms with Gasteiger partial charge in [0.25, 0.3) is 0 Å². The van der Waals surface area contributed by atoms with Crippen molar-refractivity contribution in [3.8, 4) is 5.75 Å². The maximum atomic E-state index is 13.4. The molecule has 0 radical (unpaired) electrons. The molecule has 0 aliphatic heterocycles. The average molecular weight is 253 g/mol. The summed E-state index contributed by atoms with van der Waals surface area (Å²) in [5, 5.41) is 3.34. The van der Waals surface area contributed by atoms with Crippen molar-refractivity contribution >= 4 is 0 Å². The van der Waals surface area contributed by atoms with Gasteiger partial charge in [0, 0.05) is 12.6 Å². The van der Waals surface area contributed by atoms with Crippen LogP contribution in [0.15, 0.2) is 18.2 Å². The number of hydrogen-bond acceptors (Lipinski definition) is 2. The zero-order valence-corrected chi connectivity index (χ0v) is 11.8. The van der Waals surface area contributed by atoms with E-state index in [0.717, 1.165) is 19.5 Å². The largest absolute Gasteiger partial charge is 0.489 e. The van der Waals surface area contributed by atoms with Crippen molar-refractivity contribution < 1.29 is 9.13 Å². The predicted molar refractivity (Wildman–Crippen MR) is 73.6 cm³/mol. The van der Waals surface area contributed by atoms with Crippen molar-refractivity contribution in [2.45, 2.75) is 40.2 Å². The molecule has 0 aliphatic carbocycles. The lowest BCUT2D eigenvalue weighted by atomic mass is 10.1. The minimum absolute atomic E-state index is 0.0682. The minimum atomic E-state index is -0.212. The van der Waals surface area contributed by atoms with E-state index in [-0.39, 0.29) is 11.9 Å². The van der Waals surface area contributed by atoms with Crippen LogP contribution < -0.4 is 10.1 Å². The van der Waals surface area contributed by atoms with Crippen LogP contribution in [0.2, 0.25) is 0 Å². The Balaban J connectivity index is 2.61. The van der Waals surface area contributed by atoms with E-state index in [1.165, 1.54) is 6.07 Å². The van der Waals surface area contributed by atoms with Crippen LogP contribution in [0, 0.1) is 18.7 Å². The van der Waals surface area contributed by atoms with E-state index in [0.29, 0.717) is 17.2 Å². The van der Waals surface area contributed by atoms with Crippen LogP contribution in [0.5, 0.6) is 5.75 Å². The second kappa shape index (κ2) is 7.37. The monoisotopic (exact) mass is 253 g/mol. The number of hydrogen-bond donors (Lipinski definition) is 1. The van der Waals surface area contributed by atoms with E-state index < -0.39 is 0 Å². The van der Waals surface area contributed by atoms with Crippen LogP contribution in [-0.4, -0.2) is 19.2 Å². The van der Waals surface area contributed by atoms with Gasteiger partial charge in [-0.05, 0) is 37.4 Å². The van der Waals surface area contributed by atoms with Crippen LogP contribution >= 0.6 is 0 Å². The lowest BCUT2D eigenvalue weighted by molar-refractivity contribution is 0.148. The van der Waals surface area contributed by atoms with Gasteiger partial charge in [0.1, 0.15) is 17.7 Å². The zero-order chi connectivity index (χ0) is 13.5. The maximum absolute atomic E-state index is 13.4. The summed E-state index contributed by atoms with van der Waals surface area (Å²) in [5.74, 6) is 0.783. The molecule has 102 valence electrons. The fourth-order valence-corrected chi connectivity index (χ4v) is 1.66. The molecular weight excluding hydrogens is 229 g/mol. The number of benzene rings is 1. The molecule has 0 spiro atoms. The third-order valence-corrected chi connectivity index (χ3v) is 2.95. The molecular formula is C15H24FNO. The minimum Gasteiger partial charge on any atom is -0.489 e. The number of ether oxygens (including phenoxy) is 1. The Morgan fingerprint density at radius 3 is 2.61 bits per heavy atom. The second-order valence-corrected chi connectivity index (χ2v) is 5.02. The van der Waals surface area contributed by atoms with Crippen molar-refractivity contribution in [3.63, 3.8) is 0 Å². The maximum Gasteiger partial charge on any atom is 0.129 e. The fraction of sp³-hybridized carbons (Fsp3) is 0.600. The Morgan fingerprint density at radius 2 is 2.06 bits per heavy atom. The molecule has 1 aromatic carbocycles. The molecule has 0 heterocycles. The van der Waals surface area contributed by atoms with Gasteiger partial charge in [0.05, 0.1) is 0 Å². The predicted octanol–water partition coefficient (Wildman–Crippen LogP) is 3.54. The molecule has 0 saturated carbocycles. The Morgan fingerprint density at radius 1 is 1.33 bits per heavy atom. The van der Waals surface area contributed by atoms with Crippen molar-refractivity contribution in [3.05, 3.63) is 29.6 Å². The summed E-state index contributed by atoms with van der Waals surface area (Å²) >= 11 is 0. The summed E-state index contributed by atoms with van der Waals surface area (Å²) in [6.07, 6.45) is 1.17. The van der Waals surface area contributed by atoms with Gasteiger partial charge in [0.2, 0.25) is 0 Å². The van der Waals surface area contributed by atoms with E-state index in [1.54, 1.807) is 13.0 Å². The van der Waals surface area contributed by atoms with Gasteiger partial charge in [0.15, 0.2) is 0 Å². The molecule has 0 aromatic heterocycles. The number of nitrogens with one attached hydrogen (secondary N) is 1. The highest BCUT2D eigenvalue weighted by atomic mass is 19.1. The molecule has 2 nitrogen and oxygen atoms in total. The molecule has 0 saturated heterocycles. The highest BCUT2D eigenvalue weighted by molar-refractivity contribution is 5.28. The van der Waals surface area contributed by atoms with Crippen molar-refractivity contribution in [1.29, 1.82) is 0 Å². The average Bonchev–Trinajstić information content (AvgIpc) is 2.32. The third kappa shape index (κ3) is 4.65. The molecule has 1 atom stereocenters. The lowest BCUT2D eigenvalue weighted by Gasteiger charge is -2.23. The fourth-order valence-electron chi connectivity index (χ4n) is 1.66. The zero-order valence-electron chi connectivity index (χ0n) is 11.8. The summed E-state index contributed by atoms with van der Waals surface area (Å²) in [7, 11) is 0. The molecule has 1 N–H and O–H groups in total. The van der Waals surface area contributed by atoms with Crippen LogP contribution in [0.1, 0.15) is 32.8 Å². The second-order valence-electron chi connectivity index (χ2n) is 5.02. The van der Waals surface area contributed by atoms with Gasteiger partial charge in [-0.3, -0.25) is 0 Å². The van der Waals surface area contributed by atoms with Gasteiger partial charge < -0.3 is 10.1 Å². The summed E-state index contributed by atoms with van der Waals surface area (Å²) in [4.78, 5) is 0. The smallest absolute Gasteiger partial charge is 0.129 e. The highest BCUT2D eigenvalue weighted by Crippen LogP contribution is 2.19. The topological polar surface area (TPSA) is 21.3 Å². The van der Waals surface area contributed by atoms with Crippen LogP contribution in [0.25, 0.3) is 0 Å². The number of rotatable bonds is 7. The van der Waals surface area contributed by atoms with Gasteiger partial charge in [-0.1, -0.05) is 26.8 Å². The van der Waals surface area contributed by atoms with Crippen LogP contribution in [0.3, 0.4) is 0 Å². The first kappa shape index (κ1) is 15.0. The van der Waals surface area contributed by atoms with E-state index in [1.807, 2.05) is 6.07 Å². The van der Waals surface area contributed by atoms with E-state index >= 15 is 0 Å². The molecule has 1 unspecified atom stereocenters. The van der Waals surface area contributed by atoms with Crippen molar-refractivity contribution in [2.75, 3.05) is 13.1 Å². The SMILES string of the molecule is CCCNCC(Oc1ccc(C)c(F)c1)C(C)C. The van der Waals surface area contributed by atoms with Crippen molar-refractivity contribution in [2.24, 2.45) is 5.92 Å². The Hall–Kier alpha value is -1.09. The molecule has 1 aromatic rings. The van der Waals surface area contributed by atoms with Gasteiger partial charge in [-0.25, -0.2) is 4.39 Å². The first-order valence-electron chi connectivity index (χ1n) is 6.68. The number of aryl methyl sites for hydroxylation is 1. The first-order valence-corrected chi connectivity index (χ1v) is 6.68. The Kier molecular flexibility index (Phi) is 6.13. The molecule has 18 heavy (non-hydrogen) atoms. The summed E-state index contributed by atoms with van der Waals surface area (Å²) < 4.78 is 19.3. The molecule has 0 amide bonds. The Bertz CT molecular complexity index is 366. The lowest BCUT2D eigenvalue weighted by Crippen LogP contribution is -2.35. The molecule has 0 fully saturated rings. The summed E-state index contributed by atoms with van der Waals surface area (Å²) in [5.41, 5.74) is 0.646. The number of halogens is 1. The Labute approximate surface area is 110 Å². The van der Waals surface area contributed by atoms with Gasteiger partial charge in [-0.15, -0.1) is 0 Å². The molecule has 3 heteroatoms. The first-order chi connectivity index (χ1) is 8.54. The quantitative estimate of drug-likeness (QED) is 0.750. The molecule has 1 rings (SSSR count). The van der Waals surface area contributed by atoms with Gasteiger partial charge >= 0.3 is 0 Å². The highest BCUT2D eigenvalue weighted by Gasteiger charge is 2.15. The summed E-state index contributed by atoms with van der Waals surface area (Å²) in [6, 6.07) is 5.04. The van der Waals surface area contributed by atoms with E-state index in [4.69, 9.17) is 4.74 Å². The summed E-state index contributed by atoms with van der Waals surface area (Å²) in [6.45, 7) is 9.89. The molecule has 0 aliphatic rings. The third-order valence-electron chi connectivity index (χ3n) is 2.95. The van der Waals surface area contributed by atoms with Gasteiger partial charge in [-0.2, -0.15) is 0 Å². The normalized spacial score (nSPS) is 12.8. The van der Waals surface area contributed by atoms with E-state index in [9.17, 15) is 4.39 Å². The molecule has 0 bridgehead atoms. The van der Waals surface area contributed by atoms with Crippen LogP contribution in [0.4, 0.5) is 4.39 Å². The van der Waals surface area contributed by atoms with E-state index in [2.05, 4.69) is 26.1 Å². The van der Waals surface area contributed by atoms with Crippen molar-refractivity contribution in [1.82, 2.24) is 5.32 Å². The van der Waals surface area contributed by atoms with Crippen LogP contribution in [-0.2, 0) is 0 Å².